The van der Waals surface area contributed by atoms with Gasteiger partial charge in [-0.25, -0.2) is 9.18 Å². The summed E-state index contributed by atoms with van der Waals surface area (Å²) in [6, 6.07) is 10.5. The maximum Gasteiger partial charge on any atom is 0.315 e. The summed E-state index contributed by atoms with van der Waals surface area (Å²) in [6.45, 7) is 2.37. The molecule has 0 saturated carbocycles. The molecule has 0 spiro atoms. The predicted molar refractivity (Wildman–Crippen MR) is 96.3 cm³/mol. The van der Waals surface area contributed by atoms with E-state index in [1.165, 1.54) is 24.3 Å². The van der Waals surface area contributed by atoms with Crippen LogP contribution >= 0.6 is 0 Å². The van der Waals surface area contributed by atoms with Gasteiger partial charge < -0.3 is 24.8 Å². The minimum atomic E-state index is -0.329. The molecule has 0 bridgehead atoms. The second-order valence-electron chi connectivity index (χ2n) is 5.67. The minimum Gasteiger partial charge on any atom is -0.497 e. The quantitative estimate of drug-likeness (QED) is 0.757. The number of hydrogen-bond acceptors (Lipinski definition) is 4. The van der Waals surface area contributed by atoms with E-state index < -0.39 is 0 Å². The van der Waals surface area contributed by atoms with E-state index in [4.69, 9.17) is 14.2 Å². The van der Waals surface area contributed by atoms with E-state index in [2.05, 4.69) is 10.6 Å². The molecule has 2 aromatic carbocycles. The number of amides is 2. The first-order valence-corrected chi connectivity index (χ1v) is 8.15. The number of nitrogens with one attached hydrogen (secondary N) is 2. The molecule has 1 atom stereocenters. The van der Waals surface area contributed by atoms with Crippen LogP contribution in [0.1, 0.15) is 12.5 Å². The zero-order chi connectivity index (χ0) is 18.9. The summed E-state index contributed by atoms with van der Waals surface area (Å²) in [5, 5.41) is 5.55. The van der Waals surface area contributed by atoms with Gasteiger partial charge in [-0.05, 0) is 49.4 Å². The number of carbonyl (C=O) groups excluding carboxylic acids is 1. The summed E-state index contributed by atoms with van der Waals surface area (Å²) in [4.78, 5) is 12.0. The Hall–Kier alpha value is -2.96. The lowest BCUT2D eigenvalue weighted by molar-refractivity contribution is 0.226. The van der Waals surface area contributed by atoms with Crippen LogP contribution in [0, 0.1) is 5.82 Å². The summed E-state index contributed by atoms with van der Waals surface area (Å²) < 4.78 is 28.8. The van der Waals surface area contributed by atoms with E-state index in [1.807, 2.05) is 6.92 Å². The number of hydrogen-bond donors (Lipinski definition) is 2. The van der Waals surface area contributed by atoms with E-state index in [1.54, 1.807) is 32.4 Å². The van der Waals surface area contributed by atoms with Crippen molar-refractivity contribution in [2.24, 2.45) is 0 Å². The molecular weight excluding hydrogens is 339 g/mol. The molecule has 0 fully saturated rings. The molecule has 0 aliphatic carbocycles. The van der Waals surface area contributed by atoms with Crippen molar-refractivity contribution in [3.05, 3.63) is 53.8 Å². The third-order valence-electron chi connectivity index (χ3n) is 3.62. The lowest BCUT2D eigenvalue weighted by Gasteiger charge is -2.16. The fourth-order valence-electron chi connectivity index (χ4n) is 2.26. The number of carbonyl (C=O) groups is 1. The van der Waals surface area contributed by atoms with Crippen LogP contribution in [0.5, 0.6) is 17.2 Å². The highest BCUT2D eigenvalue weighted by atomic mass is 19.1. The molecule has 2 rings (SSSR count). The Kier molecular flexibility index (Phi) is 7.08. The number of rotatable bonds is 8. The molecule has 2 aromatic rings. The highest BCUT2D eigenvalue weighted by molar-refractivity contribution is 5.74. The van der Waals surface area contributed by atoms with Crippen molar-refractivity contribution in [3.8, 4) is 17.2 Å². The molecule has 2 amide bonds. The Morgan fingerprint density at radius 1 is 1.08 bits per heavy atom. The van der Waals surface area contributed by atoms with Crippen LogP contribution in [-0.4, -0.2) is 32.9 Å². The molecule has 7 heteroatoms. The van der Waals surface area contributed by atoms with Crippen LogP contribution < -0.4 is 24.8 Å². The van der Waals surface area contributed by atoms with E-state index in [0.717, 1.165) is 5.56 Å². The minimum absolute atomic E-state index is 0.229. The van der Waals surface area contributed by atoms with Gasteiger partial charge in [0.15, 0.2) is 0 Å². The highest BCUT2D eigenvalue weighted by Crippen LogP contribution is 2.23. The van der Waals surface area contributed by atoms with Crippen LogP contribution in [0.25, 0.3) is 0 Å². The molecule has 1 unspecified atom stereocenters. The van der Waals surface area contributed by atoms with Gasteiger partial charge in [-0.1, -0.05) is 0 Å². The number of methoxy groups -OCH3 is 2. The largest absolute Gasteiger partial charge is 0.497 e. The molecule has 0 aromatic heterocycles. The number of halogens is 1. The Labute approximate surface area is 152 Å². The fourth-order valence-corrected chi connectivity index (χ4v) is 2.26. The molecule has 0 saturated heterocycles. The van der Waals surface area contributed by atoms with Gasteiger partial charge in [-0.15, -0.1) is 0 Å². The summed E-state index contributed by atoms with van der Waals surface area (Å²) in [6.07, 6.45) is 0. The zero-order valence-corrected chi connectivity index (χ0v) is 15.0. The van der Waals surface area contributed by atoms with Crippen molar-refractivity contribution in [1.82, 2.24) is 10.6 Å². The highest BCUT2D eigenvalue weighted by Gasteiger charge is 2.10. The molecule has 26 heavy (non-hydrogen) atoms. The SMILES string of the molecule is COc1ccc(OC)c(CNC(=O)NC(C)COc2ccc(F)cc2)c1. The van der Waals surface area contributed by atoms with Crippen LogP contribution in [0.2, 0.25) is 0 Å². The Bertz CT molecular complexity index is 722. The maximum atomic E-state index is 12.8. The molecule has 0 aliphatic rings. The Morgan fingerprint density at radius 3 is 2.42 bits per heavy atom. The fraction of sp³-hybridized carbons (Fsp3) is 0.316. The van der Waals surface area contributed by atoms with Crippen LogP contribution in [0.15, 0.2) is 42.5 Å². The van der Waals surface area contributed by atoms with Gasteiger partial charge in [-0.3, -0.25) is 0 Å². The second kappa shape index (κ2) is 9.50. The molecule has 140 valence electrons. The van der Waals surface area contributed by atoms with Gasteiger partial charge in [0.05, 0.1) is 20.3 Å². The first-order chi connectivity index (χ1) is 12.5. The van der Waals surface area contributed by atoms with Gasteiger partial charge >= 0.3 is 6.03 Å². The van der Waals surface area contributed by atoms with Gasteiger partial charge in [0.1, 0.15) is 29.7 Å². The van der Waals surface area contributed by atoms with E-state index >= 15 is 0 Å². The third kappa shape index (κ3) is 5.84. The molecule has 6 nitrogen and oxygen atoms in total. The average molecular weight is 362 g/mol. The molecule has 0 radical (unpaired) electrons. The first-order valence-electron chi connectivity index (χ1n) is 8.15. The van der Waals surface area contributed by atoms with E-state index in [-0.39, 0.29) is 31.0 Å². The average Bonchev–Trinajstić information content (AvgIpc) is 2.65. The maximum absolute atomic E-state index is 12.8. The normalized spacial score (nSPS) is 11.4. The Balaban J connectivity index is 1.80. The lowest BCUT2D eigenvalue weighted by atomic mass is 10.2. The lowest BCUT2D eigenvalue weighted by Crippen LogP contribution is -2.43. The van der Waals surface area contributed by atoms with E-state index in [9.17, 15) is 9.18 Å². The molecule has 2 N–H and O–H groups in total. The third-order valence-corrected chi connectivity index (χ3v) is 3.62. The van der Waals surface area contributed by atoms with Gasteiger partial charge in [0.25, 0.3) is 0 Å². The first kappa shape index (κ1) is 19.4. The van der Waals surface area contributed by atoms with E-state index in [0.29, 0.717) is 17.2 Å². The smallest absolute Gasteiger partial charge is 0.315 e. The van der Waals surface area contributed by atoms with Crippen molar-refractivity contribution in [1.29, 1.82) is 0 Å². The van der Waals surface area contributed by atoms with Crippen LogP contribution in [0.3, 0.4) is 0 Å². The predicted octanol–water partition coefficient (Wildman–Crippen LogP) is 3.11. The van der Waals surface area contributed by atoms with Crippen molar-refractivity contribution >= 4 is 6.03 Å². The number of ether oxygens (including phenoxy) is 3. The van der Waals surface area contributed by atoms with Crippen molar-refractivity contribution < 1.29 is 23.4 Å². The zero-order valence-electron chi connectivity index (χ0n) is 15.0. The molecular formula is C19H23FN2O4. The second-order valence-corrected chi connectivity index (χ2v) is 5.67. The molecule has 0 aliphatic heterocycles. The van der Waals surface area contributed by atoms with Crippen LogP contribution in [-0.2, 0) is 6.54 Å². The monoisotopic (exact) mass is 362 g/mol. The van der Waals surface area contributed by atoms with Gasteiger partial charge in [0, 0.05) is 12.1 Å². The van der Waals surface area contributed by atoms with Crippen molar-refractivity contribution in [2.45, 2.75) is 19.5 Å². The van der Waals surface area contributed by atoms with Gasteiger partial charge in [-0.2, -0.15) is 0 Å². The summed E-state index contributed by atoms with van der Waals surface area (Å²) in [5.41, 5.74) is 0.803. The number of urea groups is 1. The van der Waals surface area contributed by atoms with Crippen LogP contribution in [0.4, 0.5) is 9.18 Å². The summed E-state index contributed by atoms with van der Waals surface area (Å²) in [5.74, 6) is 1.57. The topological polar surface area (TPSA) is 68.8 Å². The Morgan fingerprint density at radius 2 is 1.77 bits per heavy atom. The van der Waals surface area contributed by atoms with Crippen molar-refractivity contribution in [2.75, 3.05) is 20.8 Å². The van der Waals surface area contributed by atoms with Crippen molar-refractivity contribution in [3.63, 3.8) is 0 Å². The summed E-state index contributed by atoms with van der Waals surface area (Å²) >= 11 is 0. The summed E-state index contributed by atoms with van der Waals surface area (Å²) in [7, 11) is 3.15. The number of benzene rings is 2. The molecule has 0 heterocycles. The standard InChI is InChI=1S/C19H23FN2O4/c1-13(12-26-16-6-4-15(20)5-7-16)22-19(23)21-11-14-10-17(24-2)8-9-18(14)25-3/h4-10,13H,11-12H2,1-3H3,(H2,21,22,23). The van der Waals surface area contributed by atoms with Gasteiger partial charge in [0.2, 0.25) is 0 Å².